The van der Waals surface area contributed by atoms with Gasteiger partial charge in [-0.25, -0.2) is 14.8 Å². The fraction of sp³-hybridized carbons (Fsp3) is 0.536. The first-order chi connectivity index (χ1) is 18.1. The molecule has 0 spiro atoms. The Morgan fingerprint density at radius 3 is 2.71 bits per heavy atom. The summed E-state index contributed by atoms with van der Waals surface area (Å²) < 4.78 is 19.7. The molecule has 0 aliphatic carbocycles. The van der Waals surface area contributed by atoms with Gasteiger partial charge in [0, 0.05) is 30.9 Å². The van der Waals surface area contributed by atoms with Crippen molar-refractivity contribution < 1.29 is 19.0 Å². The van der Waals surface area contributed by atoms with Crippen molar-refractivity contribution in [3.8, 4) is 17.1 Å². The Morgan fingerprint density at radius 2 is 2.05 bits per heavy atom. The van der Waals surface area contributed by atoms with Gasteiger partial charge in [-0.1, -0.05) is 0 Å². The van der Waals surface area contributed by atoms with Gasteiger partial charge >= 0.3 is 6.09 Å². The fourth-order valence-electron chi connectivity index (χ4n) is 5.29. The molecule has 0 bridgehead atoms. The molecule has 2 aromatic heterocycles. The van der Waals surface area contributed by atoms with Crippen LogP contribution in [0.1, 0.15) is 40.5 Å². The minimum Gasteiger partial charge on any atom is -0.494 e. The molecule has 3 aromatic rings. The number of carbonyl (C=O) groups is 1. The third kappa shape index (κ3) is 5.59. The van der Waals surface area contributed by atoms with Crippen LogP contribution in [0.3, 0.4) is 0 Å². The van der Waals surface area contributed by atoms with Gasteiger partial charge in [0.1, 0.15) is 28.5 Å². The summed E-state index contributed by atoms with van der Waals surface area (Å²) >= 11 is 0. The van der Waals surface area contributed by atoms with Crippen molar-refractivity contribution in [3.63, 3.8) is 0 Å². The Bertz CT molecular complexity index is 1300. The van der Waals surface area contributed by atoms with E-state index in [4.69, 9.17) is 24.2 Å². The standard InChI is InChI=1S/C28H38N5O4P/c1-18-7-6-10-32(18)24-9-8-19(15-29-24)26-30-22-13-21(38)14-23(35-5)25(22)33(26)17-20-16-31(11-12-36-20)27(34)37-28(2,3)4/h8-9,13-15,18,20H,6-7,10-12,16-17,38H2,1-5H3/t18?,20-/m0/s1. The smallest absolute Gasteiger partial charge is 0.410 e. The molecule has 4 heterocycles. The molecule has 2 aliphatic heterocycles. The summed E-state index contributed by atoms with van der Waals surface area (Å²) in [6.07, 6.45) is 3.74. The van der Waals surface area contributed by atoms with Crippen LogP contribution < -0.4 is 14.9 Å². The van der Waals surface area contributed by atoms with Crippen LogP contribution in [0.4, 0.5) is 10.6 Å². The number of aromatic nitrogens is 3. The minimum atomic E-state index is -0.548. The number of morpholine rings is 1. The molecule has 2 saturated heterocycles. The average Bonchev–Trinajstić information content (AvgIpc) is 3.46. The zero-order chi connectivity index (χ0) is 27.0. The number of benzene rings is 1. The SMILES string of the molecule is COc1cc(P)cc2nc(-c3ccc(N4CCCC4C)nc3)n(C[C@@H]3CN(C(=O)OC(C)(C)C)CCO3)c12. The summed E-state index contributed by atoms with van der Waals surface area (Å²) in [5, 5.41) is 0.993. The Kier molecular flexibility index (Phi) is 7.51. The molecular formula is C28H38N5O4P. The normalized spacial score (nSPS) is 20.3. The topological polar surface area (TPSA) is 82.0 Å². The second-order valence-electron chi connectivity index (χ2n) is 11.1. The lowest BCUT2D eigenvalue weighted by Gasteiger charge is -2.34. The lowest BCUT2D eigenvalue weighted by Crippen LogP contribution is -2.48. The van der Waals surface area contributed by atoms with Crippen LogP contribution in [-0.2, 0) is 16.0 Å². The Hall–Kier alpha value is -2.90. The number of imidazole rings is 1. The molecule has 0 saturated carbocycles. The number of amides is 1. The van der Waals surface area contributed by atoms with E-state index in [-0.39, 0.29) is 12.2 Å². The lowest BCUT2D eigenvalue weighted by molar-refractivity contribution is -0.0468. The number of anilines is 1. The first-order valence-corrected chi connectivity index (χ1v) is 13.9. The van der Waals surface area contributed by atoms with E-state index in [1.54, 1.807) is 12.0 Å². The molecule has 3 atom stereocenters. The van der Waals surface area contributed by atoms with E-state index in [2.05, 4.69) is 37.8 Å². The highest BCUT2D eigenvalue weighted by molar-refractivity contribution is 7.27. The molecule has 9 nitrogen and oxygen atoms in total. The molecule has 5 rings (SSSR count). The molecular weight excluding hydrogens is 501 g/mol. The predicted molar refractivity (Wildman–Crippen MR) is 152 cm³/mol. The van der Waals surface area contributed by atoms with Crippen molar-refractivity contribution in [2.75, 3.05) is 38.3 Å². The summed E-state index contributed by atoms with van der Waals surface area (Å²) in [5.74, 6) is 2.52. The summed E-state index contributed by atoms with van der Waals surface area (Å²) in [5.41, 5.74) is 2.10. The van der Waals surface area contributed by atoms with Gasteiger partial charge in [0.2, 0.25) is 0 Å². The maximum absolute atomic E-state index is 12.8. The number of fused-ring (bicyclic) bond motifs is 1. The van der Waals surface area contributed by atoms with E-state index in [0.717, 1.165) is 45.8 Å². The molecule has 1 aromatic carbocycles. The highest BCUT2D eigenvalue weighted by atomic mass is 31.0. The number of nitrogens with zero attached hydrogens (tertiary/aromatic N) is 5. The van der Waals surface area contributed by atoms with Crippen molar-refractivity contribution >= 4 is 37.5 Å². The van der Waals surface area contributed by atoms with E-state index in [9.17, 15) is 4.79 Å². The third-order valence-electron chi connectivity index (χ3n) is 7.08. The van der Waals surface area contributed by atoms with E-state index in [0.29, 0.717) is 32.3 Å². The van der Waals surface area contributed by atoms with E-state index in [1.165, 1.54) is 12.8 Å². The van der Waals surface area contributed by atoms with Crippen LogP contribution in [0.25, 0.3) is 22.4 Å². The molecule has 0 N–H and O–H groups in total. The predicted octanol–water partition coefficient (Wildman–Crippen LogP) is 4.23. The summed E-state index contributed by atoms with van der Waals surface area (Å²) in [6, 6.07) is 8.69. The van der Waals surface area contributed by atoms with Gasteiger partial charge in [-0.05, 0) is 70.1 Å². The van der Waals surface area contributed by atoms with Crippen molar-refractivity contribution in [1.29, 1.82) is 0 Å². The monoisotopic (exact) mass is 539 g/mol. The minimum absolute atomic E-state index is 0.231. The van der Waals surface area contributed by atoms with Crippen molar-refractivity contribution in [2.24, 2.45) is 0 Å². The van der Waals surface area contributed by atoms with Crippen molar-refractivity contribution in [1.82, 2.24) is 19.4 Å². The van der Waals surface area contributed by atoms with Gasteiger partial charge in [0.25, 0.3) is 0 Å². The molecule has 2 aliphatic rings. The van der Waals surface area contributed by atoms with Gasteiger partial charge < -0.3 is 28.6 Å². The molecule has 10 heteroatoms. The summed E-state index contributed by atoms with van der Waals surface area (Å²) in [4.78, 5) is 26.7. The van der Waals surface area contributed by atoms with Crippen LogP contribution in [0.2, 0.25) is 0 Å². The maximum atomic E-state index is 12.8. The quantitative estimate of drug-likeness (QED) is 0.449. The second-order valence-corrected chi connectivity index (χ2v) is 11.8. The molecule has 204 valence electrons. The van der Waals surface area contributed by atoms with Crippen molar-refractivity contribution in [2.45, 2.75) is 64.8 Å². The summed E-state index contributed by atoms with van der Waals surface area (Å²) in [7, 11) is 4.40. The molecule has 1 amide bonds. The van der Waals surface area contributed by atoms with Crippen molar-refractivity contribution in [3.05, 3.63) is 30.5 Å². The molecule has 2 unspecified atom stereocenters. The lowest BCUT2D eigenvalue weighted by atomic mass is 10.2. The summed E-state index contributed by atoms with van der Waals surface area (Å²) in [6.45, 7) is 10.8. The fourth-order valence-corrected chi connectivity index (χ4v) is 5.60. The zero-order valence-corrected chi connectivity index (χ0v) is 24.1. The van der Waals surface area contributed by atoms with E-state index >= 15 is 0 Å². The number of rotatable bonds is 5. The number of hydrogen-bond donors (Lipinski definition) is 0. The zero-order valence-electron chi connectivity index (χ0n) is 22.9. The second kappa shape index (κ2) is 10.7. The van der Waals surface area contributed by atoms with Crippen LogP contribution in [0.15, 0.2) is 30.5 Å². The van der Waals surface area contributed by atoms with Crippen LogP contribution in [-0.4, -0.2) is 76.6 Å². The highest BCUT2D eigenvalue weighted by Gasteiger charge is 2.30. The van der Waals surface area contributed by atoms with Gasteiger partial charge in [-0.15, -0.1) is 9.24 Å². The number of ether oxygens (including phenoxy) is 3. The Morgan fingerprint density at radius 1 is 1.24 bits per heavy atom. The molecule has 38 heavy (non-hydrogen) atoms. The third-order valence-corrected chi connectivity index (χ3v) is 7.41. The number of hydrogen-bond acceptors (Lipinski definition) is 7. The number of methoxy groups -OCH3 is 1. The van der Waals surface area contributed by atoms with E-state index < -0.39 is 5.60 Å². The first-order valence-electron chi connectivity index (χ1n) is 13.3. The highest BCUT2D eigenvalue weighted by Crippen LogP contribution is 2.33. The van der Waals surface area contributed by atoms with Gasteiger partial charge in [-0.2, -0.15) is 0 Å². The molecule has 0 radical (unpaired) electrons. The average molecular weight is 540 g/mol. The largest absolute Gasteiger partial charge is 0.494 e. The van der Waals surface area contributed by atoms with Gasteiger partial charge in [-0.3, -0.25) is 0 Å². The molecule has 2 fully saturated rings. The van der Waals surface area contributed by atoms with Gasteiger partial charge in [0.15, 0.2) is 0 Å². The number of carbonyl (C=O) groups excluding carboxylic acids is 1. The maximum Gasteiger partial charge on any atom is 0.410 e. The van der Waals surface area contributed by atoms with Crippen LogP contribution >= 0.6 is 9.24 Å². The van der Waals surface area contributed by atoms with E-state index in [1.807, 2.05) is 39.1 Å². The Labute approximate surface area is 226 Å². The Balaban J connectivity index is 1.48. The van der Waals surface area contributed by atoms with Gasteiger partial charge in [0.05, 0.1) is 38.4 Å². The van der Waals surface area contributed by atoms with Crippen LogP contribution in [0, 0.1) is 0 Å². The number of pyridine rings is 1. The van der Waals surface area contributed by atoms with Crippen LogP contribution in [0.5, 0.6) is 5.75 Å². The first kappa shape index (κ1) is 26.7.